The SMILES string of the molecule is CC(NC(N=C(N)c1ccc2ccccc2c1)C1=CC=C(c2cccc3ccccc23)CC1)c1cccc(Cl)c1. The van der Waals surface area contributed by atoms with Crippen LogP contribution in [0, 0.1) is 0 Å². The van der Waals surface area contributed by atoms with E-state index in [-0.39, 0.29) is 12.2 Å². The molecular formula is C36H32ClN3. The van der Waals surface area contributed by atoms with E-state index in [1.165, 1.54) is 32.9 Å². The van der Waals surface area contributed by atoms with Crippen molar-refractivity contribution >= 4 is 44.6 Å². The summed E-state index contributed by atoms with van der Waals surface area (Å²) in [6, 6.07) is 37.7. The van der Waals surface area contributed by atoms with Crippen molar-refractivity contribution in [2.75, 3.05) is 0 Å². The van der Waals surface area contributed by atoms with Crippen LogP contribution in [0.25, 0.3) is 27.1 Å². The Bertz CT molecular complexity index is 1780. The number of nitrogens with two attached hydrogens (primary N) is 1. The minimum Gasteiger partial charge on any atom is -0.383 e. The van der Waals surface area contributed by atoms with Gasteiger partial charge in [-0.15, -0.1) is 0 Å². The number of halogens is 1. The van der Waals surface area contributed by atoms with Crippen molar-refractivity contribution in [2.24, 2.45) is 10.7 Å². The quantitative estimate of drug-likeness (QED) is 0.160. The molecule has 1 aliphatic rings. The van der Waals surface area contributed by atoms with Crippen molar-refractivity contribution < 1.29 is 0 Å². The number of rotatable bonds is 7. The Morgan fingerprint density at radius 3 is 2.33 bits per heavy atom. The summed E-state index contributed by atoms with van der Waals surface area (Å²) in [4.78, 5) is 5.07. The molecule has 0 saturated carbocycles. The van der Waals surface area contributed by atoms with Crippen LogP contribution in [-0.2, 0) is 0 Å². The van der Waals surface area contributed by atoms with Crippen LogP contribution in [0.1, 0.15) is 42.5 Å². The van der Waals surface area contributed by atoms with Crippen LogP contribution in [0.2, 0.25) is 5.02 Å². The van der Waals surface area contributed by atoms with Crippen molar-refractivity contribution in [3.05, 3.63) is 149 Å². The predicted molar refractivity (Wildman–Crippen MR) is 171 cm³/mol. The van der Waals surface area contributed by atoms with Crippen molar-refractivity contribution in [3.63, 3.8) is 0 Å². The molecule has 3 N–H and O–H groups in total. The molecule has 0 heterocycles. The van der Waals surface area contributed by atoms with Gasteiger partial charge in [0.25, 0.3) is 0 Å². The average molecular weight is 542 g/mol. The third-order valence-corrected chi connectivity index (χ3v) is 7.97. The molecule has 4 heteroatoms. The molecule has 0 aromatic heterocycles. The topological polar surface area (TPSA) is 50.4 Å². The highest BCUT2D eigenvalue weighted by Crippen LogP contribution is 2.33. The molecule has 1 aliphatic carbocycles. The summed E-state index contributed by atoms with van der Waals surface area (Å²) in [7, 11) is 0. The fourth-order valence-electron chi connectivity index (χ4n) is 5.51. The van der Waals surface area contributed by atoms with E-state index >= 15 is 0 Å². The van der Waals surface area contributed by atoms with Gasteiger partial charge >= 0.3 is 0 Å². The fourth-order valence-corrected chi connectivity index (χ4v) is 5.71. The second kappa shape index (κ2) is 11.5. The lowest BCUT2D eigenvalue weighted by Crippen LogP contribution is -2.34. The average Bonchev–Trinajstić information content (AvgIpc) is 3.00. The molecule has 5 aromatic rings. The molecule has 198 valence electrons. The van der Waals surface area contributed by atoms with E-state index in [0.717, 1.165) is 34.4 Å². The molecule has 5 aromatic carbocycles. The van der Waals surface area contributed by atoms with Gasteiger partial charge in [0.15, 0.2) is 0 Å². The normalized spacial score (nSPS) is 15.5. The van der Waals surface area contributed by atoms with Gasteiger partial charge in [-0.3, -0.25) is 5.32 Å². The summed E-state index contributed by atoms with van der Waals surface area (Å²) in [5.41, 5.74) is 12.5. The number of hydrogen-bond acceptors (Lipinski definition) is 2. The number of nitrogens with zero attached hydrogens (tertiary/aromatic N) is 1. The maximum Gasteiger partial charge on any atom is 0.127 e. The van der Waals surface area contributed by atoms with E-state index in [1.54, 1.807) is 0 Å². The van der Waals surface area contributed by atoms with Crippen LogP contribution in [0.15, 0.2) is 132 Å². The minimum atomic E-state index is -0.272. The Labute approximate surface area is 240 Å². The first-order chi connectivity index (χ1) is 19.5. The summed E-state index contributed by atoms with van der Waals surface area (Å²) in [5.74, 6) is 0.520. The highest BCUT2D eigenvalue weighted by Gasteiger charge is 2.21. The Balaban J connectivity index is 1.35. The first-order valence-corrected chi connectivity index (χ1v) is 14.1. The highest BCUT2D eigenvalue weighted by molar-refractivity contribution is 6.30. The maximum absolute atomic E-state index is 6.66. The third-order valence-electron chi connectivity index (χ3n) is 7.74. The van der Waals surface area contributed by atoms with Gasteiger partial charge in [0.05, 0.1) is 0 Å². The van der Waals surface area contributed by atoms with E-state index in [9.17, 15) is 0 Å². The van der Waals surface area contributed by atoms with Gasteiger partial charge in [-0.1, -0.05) is 115 Å². The molecule has 2 unspecified atom stereocenters. The number of aliphatic imine (C=N–C) groups is 1. The molecule has 3 nitrogen and oxygen atoms in total. The first kappa shape index (κ1) is 26.1. The van der Waals surface area contributed by atoms with Crippen molar-refractivity contribution in [1.82, 2.24) is 5.32 Å². The number of hydrogen-bond donors (Lipinski definition) is 2. The van der Waals surface area contributed by atoms with Gasteiger partial charge in [0, 0.05) is 16.6 Å². The lowest BCUT2D eigenvalue weighted by molar-refractivity contribution is 0.498. The van der Waals surface area contributed by atoms with Gasteiger partial charge in [0.2, 0.25) is 0 Å². The number of amidine groups is 1. The lowest BCUT2D eigenvalue weighted by Gasteiger charge is -2.26. The summed E-state index contributed by atoms with van der Waals surface area (Å²) < 4.78 is 0. The van der Waals surface area contributed by atoms with Crippen LogP contribution in [0.3, 0.4) is 0 Å². The molecule has 0 amide bonds. The van der Waals surface area contributed by atoms with Crippen molar-refractivity contribution in [2.45, 2.75) is 32.0 Å². The molecule has 0 fully saturated rings. The highest BCUT2D eigenvalue weighted by atomic mass is 35.5. The number of nitrogens with one attached hydrogen (secondary N) is 1. The molecule has 0 bridgehead atoms. The zero-order chi connectivity index (χ0) is 27.5. The van der Waals surface area contributed by atoms with Gasteiger partial charge in [-0.25, -0.2) is 4.99 Å². The molecule has 0 aliphatic heterocycles. The van der Waals surface area contributed by atoms with E-state index in [2.05, 4.69) is 97.2 Å². The second-order valence-electron chi connectivity index (χ2n) is 10.4. The monoisotopic (exact) mass is 541 g/mol. The van der Waals surface area contributed by atoms with E-state index in [4.69, 9.17) is 22.3 Å². The summed E-state index contributed by atoms with van der Waals surface area (Å²) in [6.07, 6.45) is 6.03. The number of allylic oxidation sites excluding steroid dienone is 3. The molecule has 0 saturated heterocycles. The second-order valence-corrected chi connectivity index (χ2v) is 10.8. The summed E-state index contributed by atoms with van der Waals surface area (Å²) in [6.45, 7) is 2.14. The van der Waals surface area contributed by atoms with Gasteiger partial charge in [0.1, 0.15) is 12.0 Å². The molecule has 6 rings (SSSR count). The Morgan fingerprint density at radius 1 is 0.775 bits per heavy atom. The Hall–Kier alpha value is -4.18. The maximum atomic E-state index is 6.66. The zero-order valence-electron chi connectivity index (χ0n) is 22.5. The van der Waals surface area contributed by atoms with Crippen LogP contribution < -0.4 is 11.1 Å². The molecular weight excluding hydrogens is 510 g/mol. The first-order valence-electron chi connectivity index (χ1n) is 13.8. The largest absolute Gasteiger partial charge is 0.383 e. The van der Waals surface area contributed by atoms with Crippen molar-refractivity contribution in [3.8, 4) is 0 Å². The number of benzene rings is 5. The predicted octanol–water partition coefficient (Wildman–Crippen LogP) is 8.83. The standard InChI is InChI=1S/C36H32ClN3/c1-24(29-12-6-13-32(37)23-29)39-36(40-35(38)31-21-16-25-8-2-3-10-30(25)22-31)28-19-17-27(18-20-28)34-15-7-11-26-9-4-5-14-33(26)34/h2-17,19,21-24,36,39H,18,20H2,1H3,(H2,38,40). The van der Waals surface area contributed by atoms with Crippen LogP contribution in [-0.4, -0.2) is 12.0 Å². The Morgan fingerprint density at radius 2 is 1.52 bits per heavy atom. The summed E-state index contributed by atoms with van der Waals surface area (Å²) >= 11 is 6.31. The van der Waals surface area contributed by atoms with Gasteiger partial charge in [-0.05, 0) is 81.8 Å². The molecule has 0 radical (unpaired) electrons. The Kier molecular flexibility index (Phi) is 7.50. The van der Waals surface area contributed by atoms with E-state index in [1.807, 2.05) is 36.4 Å². The fraction of sp³-hybridized carbons (Fsp3) is 0.139. The van der Waals surface area contributed by atoms with Crippen LogP contribution in [0.4, 0.5) is 0 Å². The molecule has 40 heavy (non-hydrogen) atoms. The minimum absolute atomic E-state index is 0.0289. The smallest absolute Gasteiger partial charge is 0.127 e. The van der Waals surface area contributed by atoms with Crippen LogP contribution >= 0.6 is 11.6 Å². The lowest BCUT2D eigenvalue weighted by atomic mass is 9.89. The molecule has 0 spiro atoms. The van der Waals surface area contributed by atoms with Crippen molar-refractivity contribution in [1.29, 1.82) is 0 Å². The molecule has 2 atom stereocenters. The van der Waals surface area contributed by atoms with E-state index in [0.29, 0.717) is 5.84 Å². The summed E-state index contributed by atoms with van der Waals surface area (Å²) in [5, 5.41) is 9.33. The zero-order valence-corrected chi connectivity index (χ0v) is 23.3. The third kappa shape index (κ3) is 5.58. The van der Waals surface area contributed by atoms with Crippen LogP contribution in [0.5, 0.6) is 0 Å². The number of fused-ring (bicyclic) bond motifs is 2. The van der Waals surface area contributed by atoms with Gasteiger partial charge < -0.3 is 5.73 Å². The van der Waals surface area contributed by atoms with E-state index < -0.39 is 0 Å². The van der Waals surface area contributed by atoms with Gasteiger partial charge in [-0.2, -0.15) is 0 Å².